The largest absolute Gasteiger partial charge is 0.452 e. The number of hydrogen-bond acceptors (Lipinski definition) is 5. The Morgan fingerprint density at radius 1 is 1.21 bits per heavy atom. The first kappa shape index (κ1) is 10.6. The van der Waals surface area contributed by atoms with Crippen LogP contribution in [0.2, 0.25) is 0 Å². The van der Waals surface area contributed by atoms with Crippen molar-refractivity contribution in [1.29, 1.82) is 0 Å². The van der Waals surface area contributed by atoms with Crippen LogP contribution in [-0.2, 0) is 14.9 Å². The summed E-state index contributed by atoms with van der Waals surface area (Å²) in [6, 6.07) is 7.16. The molecule has 2 aliphatic rings. The summed E-state index contributed by atoms with van der Waals surface area (Å²) in [5.74, 6) is 0.123. The zero-order valence-electron chi connectivity index (χ0n) is 10.1. The lowest BCUT2D eigenvalue weighted by atomic mass is 9.82. The molecule has 0 bridgehead atoms. The van der Waals surface area contributed by atoms with Crippen molar-refractivity contribution in [2.75, 3.05) is 0 Å². The lowest BCUT2D eigenvalue weighted by molar-refractivity contribution is -0.151. The van der Waals surface area contributed by atoms with E-state index in [0.717, 1.165) is 5.39 Å². The highest BCUT2D eigenvalue weighted by atomic mass is 16.7. The highest BCUT2D eigenvalue weighted by molar-refractivity contribution is 5.87. The van der Waals surface area contributed by atoms with Crippen LogP contribution in [0, 0.1) is 0 Å². The molecule has 1 aromatic heterocycles. The predicted octanol–water partition coefficient (Wildman–Crippen LogP) is 1.72. The van der Waals surface area contributed by atoms with Crippen LogP contribution in [0.3, 0.4) is 0 Å². The van der Waals surface area contributed by atoms with Crippen molar-refractivity contribution < 1.29 is 18.7 Å². The van der Waals surface area contributed by atoms with E-state index in [1.165, 1.54) is 0 Å². The fourth-order valence-corrected chi connectivity index (χ4v) is 2.88. The Bertz CT molecular complexity index is 775. The lowest BCUT2D eigenvalue weighted by Gasteiger charge is -2.16. The molecule has 0 radical (unpaired) electrons. The molecular formula is C14H10O5. The molecule has 96 valence electrons. The molecule has 1 fully saturated rings. The molecule has 3 heterocycles. The van der Waals surface area contributed by atoms with E-state index in [0.29, 0.717) is 16.9 Å². The van der Waals surface area contributed by atoms with Gasteiger partial charge in [-0.25, -0.2) is 4.79 Å². The number of hydrogen-bond donors (Lipinski definition) is 0. The van der Waals surface area contributed by atoms with Gasteiger partial charge in [-0.05, 0) is 19.1 Å². The first-order valence-electron chi connectivity index (χ1n) is 6.02. The lowest BCUT2D eigenvalue weighted by Crippen LogP contribution is -2.33. The summed E-state index contributed by atoms with van der Waals surface area (Å²) in [6.45, 7) is 1.79. The molecule has 0 spiro atoms. The van der Waals surface area contributed by atoms with Crippen LogP contribution in [0.1, 0.15) is 18.9 Å². The fraction of sp³-hybridized carbons (Fsp3) is 0.286. The van der Waals surface area contributed by atoms with E-state index in [2.05, 4.69) is 0 Å². The zero-order valence-corrected chi connectivity index (χ0v) is 10.1. The van der Waals surface area contributed by atoms with E-state index in [1.54, 1.807) is 19.1 Å². The molecular weight excluding hydrogens is 248 g/mol. The molecule has 5 nitrogen and oxygen atoms in total. The first-order valence-corrected chi connectivity index (χ1v) is 6.02. The van der Waals surface area contributed by atoms with Gasteiger partial charge in [-0.15, -0.1) is 0 Å². The topological polar surface area (TPSA) is 65.7 Å². The number of fused-ring (bicyclic) bond motifs is 5. The molecule has 1 aromatic carbocycles. The van der Waals surface area contributed by atoms with Crippen molar-refractivity contribution in [1.82, 2.24) is 0 Å². The van der Waals surface area contributed by atoms with Gasteiger partial charge in [0.25, 0.3) is 6.29 Å². The molecule has 2 aliphatic heterocycles. The third-order valence-corrected chi connectivity index (χ3v) is 3.83. The number of para-hydroxylation sites is 1. The number of rotatable bonds is 0. The molecule has 0 amide bonds. The summed E-state index contributed by atoms with van der Waals surface area (Å²) >= 11 is 0. The van der Waals surface area contributed by atoms with Crippen LogP contribution in [0.4, 0.5) is 0 Å². The molecule has 1 saturated heterocycles. The summed E-state index contributed by atoms with van der Waals surface area (Å²) in [7, 11) is 0. The smallest absolute Gasteiger partial charge is 0.344 e. The first-order chi connectivity index (χ1) is 9.09. The number of benzene rings is 1. The molecule has 0 saturated carbocycles. The van der Waals surface area contributed by atoms with Crippen LogP contribution in [0.25, 0.3) is 11.0 Å². The summed E-state index contributed by atoms with van der Waals surface area (Å²) in [4.78, 5) is 23.6. The molecule has 0 N–H and O–H groups in total. The van der Waals surface area contributed by atoms with Crippen molar-refractivity contribution in [3.05, 3.63) is 40.2 Å². The van der Waals surface area contributed by atoms with Crippen molar-refractivity contribution >= 4 is 16.9 Å². The van der Waals surface area contributed by atoms with Crippen molar-refractivity contribution in [3.63, 3.8) is 0 Å². The summed E-state index contributed by atoms with van der Waals surface area (Å²) < 4.78 is 16.1. The summed E-state index contributed by atoms with van der Waals surface area (Å²) in [6.07, 6.45) is -0.600. The normalized spacial score (nSPS) is 27.8. The van der Waals surface area contributed by atoms with Gasteiger partial charge in [0.15, 0.2) is 0 Å². The van der Waals surface area contributed by atoms with Crippen LogP contribution < -0.4 is 10.4 Å². The monoisotopic (exact) mass is 258 g/mol. The maximum Gasteiger partial charge on any atom is 0.344 e. The third-order valence-electron chi connectivity index (χ3n) is 3.83. The van der Waals surface area contributed by atoms with Crippen LogP contribution >= 0.6 is 0 Å². The van der Waals surface area contributed by atoms with Gasteiger partial charge in [-0.3, -0.25) is 4.79 Å². The van der Waals surface area contributed by atoms with Gasteiger partial charge < -0.3 is 13.9 Å². The molecule has 19 heavy (non-hydrogen) atoms. The Morgan fingerprint density at radius 3 is 2.84 bits per heavy atom. The molecule has 0 unspecified atom stereocenters. The standard InChI is InChI=1S/C14H10O5/c1-14-6-9(15)18-13(14)19-11-7-4-2-3-5-8(7)17-12(16)10(11)14/h2-5,13H,6H2,1H3/t13-,14+/m0/s1. The number of carbonyl (C=O) groups excluding carboxylic acids is 1. The van der Waals surface area contributed by atoms with E-state index in [4.69, 9.17) is 13.9 Å². The number of ether oxygens (including phenoxy) is 2. The molecule has 2 aromatic rings. The Kier molecular flexibility index (Phi) is 1.77. The van der Waals surface area contributed by atoms with Gasteiger partial charge >= 0.3 is 11.6 Å². The second-order valence-corrected chi connectivity index (χ2v) is 5.12. The minimum absolute atomic E-state index is 0.133. The minimum Gasteiger partial charge on any atom is -0.452 e. The van der Waals surface area contributed by atoms with E-state index in [1.807, 2.05) is 12.1 Å². The average Bonchev–Trinajstić information content (AvgIpc) is 2.78. The summed E-state index contributed by atoms with van der Waals surface area (Å²) in [5.41, 5.74) is -0.336. The second kappa shape index (κ2) is 3.17. The van der Waals surface area contributed by atoms with Gasteiger partial charge in [0.2, 0.25) is 0 Å². The third kappa shape index (κ3) is 1.19. The Morgan fingerprint density at radius 2 is 2.00 bits per heavy atom. The quantitative estimate of drug-likeness (QED) is 0.531. The van der Waals surface area contributed by atoms with Gasteiger partial charge in [0.05, 0.1) is 22.8 Å². The van der Waals surface area contributed by atoms with Crippen molar-refractivity contribution in [2.24, 2.45) is 0 Å². The zero-order chi connectivity index (χ0) is 13.2. The predicted molar refractivity (Wildman–Crippen MR) is 65.0 cm³/mol. The Balaban J connectivity index is 2.09. The Hall–Kier alpha value is -2.30. The Labute approximate surface area is 107 Å². The molecule has 5 heteroatoms. The minimum atomic E-state index is -0.753. The van der Waals surface area contributed by atoms with E-state index < -0.39 is 17.3 Å². The van der Waals surface area contributed by atoms with Crippen LogP contribution in [0.15, 0.2) is 33.5 Å². The molecule has 2 atom stereocenters. The van der Waals surface area contributed by atoms with Crippen LogP contribution in [0.5, 0.6) is 5.75 Å². The van der Waals surface area contributed by atoms with Gasteiger partial charge in [-0.1, -0.05) is 12.1 Å². The van der Waals surface area contributed by atoms with E-state index in [-0.39, 0.29) is 12.4 Å². The molecule has 4 rings (SSSR count). The highest BCUT2D eigenvalue weighted by Gasteiger charge is 2.57. The SMILES string of the molecule is C[C@]12CC(=O)O[C@H]1Oc1c2c(=O)oc2ccccc12. The second-order valence-electron chi connectivity index (χ2n) is 5.12. The van der Waals surface area contributed by atoms with Crippen molar-refractivity contribution in [2.45, 2.75) is 25.0 Å². The maximum atomic E-state index is 12.2. The molecule has 0 aliphatic carbocycles. The van der Waals surface area contributed by atoms with Gasteiger partial charge in [0, 0.05) is 0 Å². The van der Waals surface area contributed by atoms with Crippen molar-refractivity contribution in [3.8, 4) is 5.75 Å². The van der Waals surface area contributed by atoms with E-state index in [9.17, 15) is 9.59 Å². The highest BCUT2D eigenvalue weighted by Crippen LogP contribution is 2.49. The summed E-state index contributed by atoms with van der Waals surface area (Å²) in [5, 5.41) is 0.726. The van der Waals surface area contributed by atoms with E-state index >= 15 is 0 Å². The average molecular weight is 258 g/mol. The van der Waals surface area contributed by atoms with Gasteiger partial charge in [-0.2, -0.15) is 0 Å². The van der Waals surface area contributed by atoms with Crippen LogP contribution in [-0.4, -0.2) is 12.3 Å². The van der Waals surface area contributed by atoms with Gasteiger partial charge in [0.1, 0.15) is 11.3 Å². The number of carbonyl (C=O) groups is 1. The maximum absolute atomic E-state index is 12.2. The fourth-order valence-electron chi connectivity index (χ4n) is 2.88. The number of esters is 1.